The van der Waals surface area contributed by atoms with E-state index in [0.29, 0.717) is 45.9 Å². The second-order valence-corrected chi connectivity index (χ2v) is 12.5. The molecule has 1 aliphatic carbocycles. The summed E-state index contributed by atoms with van der Waals surface area (Å²) in [5, 5.41) is 17.8. The van der Waals surface area contributed by atoms with Crippen molar-refractivity contribution in [1.29, 1.82) is 0 Å². The summed E-state index contributed by atoms with van der Waals surface area (Å²) in [4.78, 5) is 18.6. The van der Waals surface area contributed by atoms with Crippen LogP contribution in [0.15, 0.2) is 52.4 Å². The number of carboxylic acids is 1. The third-order valence-electron chi connectivity index (χ3n) is 8.26. The summed E-state index contributed by atoms with van der Waals surface area (Å²) in [6.07, 6.45) is 6.44. The molecular formula is C30H27Cl2N3O4S. The maximum atomic E-state index is 11.2. The Labute approximate surface area is 245 Å². The molecule has 1 unspecified atom stereocenters. The van der Waals surface area contributed by atoms with Gasteiger partial charge in [-0.3, -0.25) is 0 Å². The van der Waals surface area contributed by atoms with E-state index >= 15 is 0 Å². The van der Waals surface area contributed by atoms with Crippen molar-refractivity contribution < 1.29 is 19.2 Å². The average molecular weight is 597 g/mol. The molecule has 0 spiro atoms. The summed E-state index contributed by atoms with van der Waals surface area (Å²) >= 11 is 14.7. The first kappa shape index (κ1) is 26.0. The first-order valence-corrected chi connectivity index (χ1v) is 15.2. The second-order valence-electron chi connectivity index (χ2n) is 10.8. The molecule has 206 valence electrons. The molecule has 1 saturated carbocycles. The molecule has 0 radical (unpaired) electrons. The summed E-state index contributed by atoms with van der Waals surface area (Å²) in [6.45, 7) is 0.421. The minimum absolute atomic E-state index is 0.133. The summed E-state index contributed by atoms with van der Waals surface area (Å²) in [5.41, 5.74) is 4.42. The van der Waals surface area contributed by atoms with Gasteiger partial charge in [0.15, 0.2) is 5.13 Å². The number of hydrogen-bond donors (Lipinski definition) is 1. The van der Waals surface area contributed by atoms with E-state index in [1.807, 2.05) is 30.3 Å². The molecule has 7 rings (SSSR count). The predicted molar refractivity (Wildman–Crippen MR) is 156 cm³/mol. The summed E-state index contributed by atoms with van der Waals surface area (Å²) in [6, 6.07) is 13.1. The zero-order valence-electron chi connectivity index (χ0n) is 21.6. The predicted octanol–water partition coefficient (Wildman–Crippen LogP) is 8.06. The van der Waals surface area contributed by atoms with Crippen molar-refractivity contribution in [2.45, 2.75) is 69.2 Å². The van der Waals surface area contributed by atoms with Crippen LogP contribution in [0.4, 0.5) is 5.13 Å². The highest BCUT2D eigenvalue weighted by Crippen LogP contribution is 2.47. The summed E-state index contributed by atoms with van der Waals surface area (Å²) in [7, 11) is 0. The van der Waals surface area contributed by atoms with Gasteiger partial charge >= 0.3 is 5.97 Å². The maximum Gasteiger partial charge on any atom is 0.335 e. The Morgan fingerprint density at radius 1 is 1.05 bits per heavy atom. The third kappa shape index (κ3) is 4.81. The Morgan fingerprint density at radius 3 is 2.40 bits per heavy atom. The van der Waals surface area contributed by atoms with Crippen LogP contribution in [-0.2, 0) is 11.3 Å². The van der Waals surface area contributed by atoms with Crippen LogP contribution in [0.25, 0.3) is 22.5 Å². The third-order valence-corrected chi connectivity index (χ3v) is 9.74. The molecule has 0 amide bonds. The van der Waals surface area contributed by atoms with Gasteiger partial charge in [-0.1, -0.05) is 46.6 Å². The molecule has 40 heavy (non-hydrogen) atoms. The molecule has 2 aromatic carbocycles. The van der Waals surface area contributed by atoms with Crippen LogP contribution < -0.4 is 4.90 Å². The Hall–Kier alpha value is -2.91. The fourth-order valence-electron chi connectivity index (χ4n) is 6.12. The van der Waals surface area contributed by atoms with E-state index in [-0.39, 0.29) is 11.7 Å². The van der Waals surface area contributed by atoms with Gasteiger partial charge in [-0.15, -0.1) is 11.3 Å². The largest absolute Gasteiger partial charge is 0.478 e. The SMILES string of the molecule is O=C(O)c1ccc(-c2csc(N3[C@@H]4CC[C@H]3CC(OCc3c(-c5c(Cl)cccc5Cl)noc3C3CC3)C4)n2)cc1. The first-order chi connectivity index (χ1) is 19.5. The lowest BCUT2D eigenvalue weighted by molar-refractivity contribution is 0.0147. The quantitative estimate of drug-likeness (QED) is 0.220. The van der Waals surface area contributed by atoms with Crippen molar-refractivity contribution >= 4 is 45.6 Å². The molecule has 1 N–H and O–H groups in total. The average Bonchev–Trinajstić information content (AvgIpc) is 3.42. The van der Waals surface area contributed by atoms with Crippen LogP contribution in [0.2, 0.25) is 10.0 Å². The normalized spacial score (nSPS) is 22.1. The van der Waals surface area contributed by atoms with Gasteiger partial charge in [0.25, 0.3) is 0 Å². The standard InChI is InChI=1S/C30H27Cl2N3O4S/c31-23-2-1-3-24(32)26(23)27-22(28(39-34-27)17-6-7-17)14-38-21-12-19-10-11-20(13-21)35(19)30-33-25(15-40-30)16-4-8-18(9-5-16)29(36)37/h1-5,8-9,15,17,19-21H,6-7,10-14H2,(H,36,37)/t19-,20+,21?. The van der Waals surface area contributed by atoms with Gasteiger partial charge in [0.05, 0.1) is 34.0 Å². The maximum absolute atomic E-state index is 11.2. The van der Waals surface area contributed by atoms with Crippen LogP contribution in [0.5, 0.6) is 0 Å². The van der Waals surface area contributed by atoms with Crippen molar-refractivity contribution in [3.8, 4) is 22.5 Å². The summed E-state index contributed by atoms with van der Waals surface area (Å²) < 4.78 is 12.4. The highest BCUT2D eigenvalue weighted by Gasteiger charge is 2.43. The first-order valence-electron chi connectivity index (χ1n) is 13.6. The molecular weight excluding hydrogens is 569 g/mol. The number of rotatable bonds is 8. The van der Waals surface area contributed by atoms with Crippen molar-refractivity contribution in [1.82, 2.24) is 10.1 Å². The Kier molecular flexibility index (Phi) is 6.82. The number of nitrogens with zero attached hydrogens (tertiary/aromatic N) is 3. The second kappa shape index (κ2) is 10.5. The molecule has 2 saturated heterocycles. The fourth-order valence-corrected chi connectivity index (χ4v) is 7.68. The van der Waals surface area contributed by atoms with Crippen molar-refractivity contribution in [3.05, 3.63) is 74.8 Å². The van der Waals surface area contributed by atoms with Crippen LogP contribution in [0.3, 0.4) is 0 Å². The number of benzene rings is 2. The fraction of sp³-hybridized carbons (Fsp3) is 0.367. The number of thiazole rings is 1. The van der Waals surface area contributed by atoms with Crippen LogP contribution in [-0.4, -0.2) is 39.4 Å². The molecule has 2 aliphatic heterocycles. The lowest BCUT2D eigenvalue weighted by Crippen LogP contribution is -2.45. The smallest absolute Gasteiger partial charge is 0.335 e. The van der Waals surface area contributed by atoms with E-state index in [9.17, 15) is 9.90 Å². The van der Waals surface area contributed by atoms with Crippen molar-refractivity contribution in [2.24, 2.45) is 0 Å². The van der Waals surface area contributed by atoms with Gasteiger partial charge in [0, 0.05) is 40.1 Å². The van der Waals surface area contributed by atoms with E-state index in [0.717, 1.165) is 66.2 Å². The monoisotopic (exact) mass is 595 g/mol. The van der Waals surface area contributed by atoms with Gasteiger partial charge in [-0.05, 0) is 62.8 Å². The molecule has 10 heteroatoms. The van der Waals surface area contributed by atoms with Crippen molar-refractivity contribution in [2.75, 3.05) is 4.90 Å². The highest BCUT2D eigenvalue weighted by molar-refractivity contribution is 7.14. The van der Waals surface area contributed by atoms with E-state index in [1.165, 1.54) is 0 Å². The molecule has 4 aromatic rings. The molecule has 2 aromatic heterocycles. The summed E-state index contributed by atoms with van der Waals surface area (Å²) in [5.74, 6) is 0.362. The zero-order valence-corrected chi connectivity index (χ0v) is 23.9. The van der Waals surface area contributed by atoms with Gasteiger partial charge < -0.3 is 19.3 Å². The Morgan fingerprint density at radius 2 is 1.75 bits per heavy atom. The Bertz CT molecular complexity index is 1530. The van der Waals surface area contributed by atoms with Gasteiger partial charge in [0.2, 0.25) is 0 Å². The van der Waals surface area contributed by atoms with Gasteiger partial charge in [-0.25, -0.2) is 9.78 Å². The number of ether oxygens (including phenoxy) is 1. The number of piperidine rings is 1. The lowest BCUT2D eigenvalue weighted by atomic mass is 10.00. The number of carboxylic acid groups (broad SMARTS) is 1. The van der Waals surface area contributed by atoms with E-state index in [1.54, 1.807) is 23.5 Å². The minimum atomic E-state index is -0.927. The molecule has 2 bridgehead atoms. The number of aromatic carboxylic acids is 1. The van der Waals surface area contributed by atoms with Gasteiger partial charge in [0.1, 0.15) is 11.5 Å². The van der Waals surface area contributed by atoms with Crippen molar-refractivity contribution in [3.63, 3.8) is 0 Å². The number of hydrogen-bond acceptors (Lipinski definition) is 7. The van der Waals surface area contributed by atoms with Crippen LogP contribution >= 0.6 is 34.5 Å². The number of fused-ring (bicyclic) bond motifs is 2. The Balaban J connectivity index is 1.06. The molecule has 4 heterocycles. The number of aromatic nitrogens is 2. The topological polar surface area (TPSA) is 88.7 Å². The van der Waals surface area contributed by atoms with E-state index in [2.05, 4.69) is 15.4 Å². The minimum Gasteiger partial charge on any atom is -0.478 e. The molecule has 3 fully saturated rings. The molecule has 3 aliphatic rings. The van der Waals surface area contributed by atoms with E-state index in [4.69, 9.17) is 37.4 Å². The number of carbonyl (C=O) groups is 1. The zero-order chi connectivity index (χ0) is 27.4. The highest BCUT2D eigenvalue weighted by atomic mass is 35.5. The number of anilines is 1. The van der Waals surface area contributed by atoms with Gasteiger partial charge in [-0.2, -0.15) is 0 Å². The molecule has 7 nitrogen and oxygen atoms in total. The van der Waals surface area contributed by atoms with Crippen LogP contribution in [0, 0.1) is 0 Å². The number of halogens is 2. The van der Waals surface area contributed by atoms with E-state index < -0.39 is 5.97 Å². The molecule has 3 atom stereocenters. The van der Waals surface area contributed by atoms with Crippen LogP contribution in [0.1, 0.15) is 66.1 Å². The lowest BCUT2D eigenvalue weighted by Gasteiger charge is -2.38.